The van der Waals surface area contributed by atoms with E-state index in [2.05, 4.69) is 22.0 Å². The van der Waals surface area contributed by atoms with Gasteiger partial charge in [-0.15, -0.1) is 24.0 Å². The molecule has 0 spiro atoms. The minimum Gasteiger partial charge on any atom is -0.469 e. The number of amides is 1. The van der Waals surface area contributed by atoms with Gasteiger partial charge in [-0.25, -0.2) is 4.99 Å². The molecule has 28 heavy (non-hydrogen) atoms. The highest BCUT2D eigenvalue weighted by atomic mass is 127. The third-order valence-electron chi connectivity index (χ3n) is 4.26. The van der Waals surface area contributed by atoms with Crippen molar-refractivity contribution in [2.24, 2.45) is 12.0 Å². The SMILES string of the molecule is C=C(C)CN=C(NCCc1ccco1)N1CCN(c2cnn(C)c2)C(=O)C1.I. The Kier molecular flexibility index (Phi) is 8.09. The summed E-state index contributed by atoms with van der Waals surface area (Å²) in [5, 5.41) is 7.50. The predicted octanol–water partition coefficient (Wildman–Crippen LogP) is 2.04. The molecular formula is C19H27IN6O2. The molecule has 3 rings (SSSR count). The molecule has 1 amide bonds. The van der Waals surface area contributed by atoms with Gasteiger partial charge in [-0.05, 0) is 19.1 Å². The highest BCUT2D eigenvalue weighted by molar-refractivity contribution is 14.0. The van der Waals surface area contributed by atoms with Crippen molar-refractivity contribution < 1.29 is 9.21 Å². The van der Waals surface area contributed by atoms with E-state index < -0.39 is 0 Å². The van der Waals surface area contributed by atoms with Gasteiger partial charge in [-0.1, -0.05) is 12.2 Å². The fourth-order valence-electron chi connectivity index (χ4n) is 2.90. The Morgan fingerprint density at radius 3 is 2.86 bits per heavy atom. The van der Waals surface area contributed by atoms with Crippen molar-refractivity contribution in [1.82, 2.24) is 20.0 Å². The van der Waals surface area contributed by atoms with Crippen LogP contribution in [0.25, 0.3) is 0 Å². The zero-order chi connectivity index (χ0) is 19.2. The van der Waals surface area contributed by atoms with Crippen molar-refractivity contribution in [3.63, 3.8) is 0 Å². The third-order valence-corrected chi connectivity index (χ3v) is 4.26. The van der Waals surface area contributed by atoms with Gasteiger partial charge in [0.05, 0.1) is 24.7 Å². The number of hydrogen-bond donors (Lipinski definition) is 1. The largest absolute Gasteiger partial charge is 0.469 e. The molecule has 2 aromatic rings. The summed E-state index contributed by atoms with van der Waals surface area (Å²) in [6.07, 6.45) is 5.99. The second-order valence-corrected chi connectivity index (χ2v) is 6.69. The molecule has 1 fully saturated rings. The normalized spacial score (nSPS) is 14.8. The van der Waals surface area contributed by atoms with E-state index in [4.69, 9.17) is 4.42 Å². The number of halogens is 1. The third kappa shape index (κ3) is 5.85. The van der Waals surface area contributed by atoms with Crippen LogP contribution in [0.3, 0.4) is 0 Å². The molecule has 152 valence electrons. The Bertz CT molecular complexity index is 814. The van der Waals surface area contributed by atoms with Crippen molar-refractivity contribution in [1.29, 1.82) is 0 Å². The number of guanidine groups is 1. The van der Waals surface area contributed by atoms with E-state index in [1.165, 1.54) is 0 Å². The highest BCUT2D eigenvalue weighted by Gasteiger charge is 2.27. The summed E-state index contributed by atoms with van der Waals surface area (Å²) in [6, 6.07) is 3.82. The van der Waals surface area contributed by atoms with Gasteiger partial charge < -0.3 is 19.5 Å². The number of piperazine rings is 1. The molecule has 1 saturated heterocycles. The summed E-state index contributed by atoms with van der Waals surface area (Å²) < 4.78 is 7.06. The van der Waals surface area contributed by atoms with Crippen molar-refractivity contribution in [3.05, 3.63) is 48.7 Å². The number of furan rings is 1. The van der Waals surface area contributed by atoms with Gasteiger partial charge in [-0.3, -0.25) is 9.48 Å². The molecule has 0 saturated carbocycles. The van der Waals surface area contributed by atoms with Gasteiger partial charge in [0.15, 0.2) is 5.96 Å². The fraction of sp³-hybridized carbons (Fsp3) is 0.421. The molecule has 2 aromatic heterocycles. The number of nitrogens with zero attached hydrogens (tertiary/aromatic N) is 5. The Morgan fingerprint density at radius 1 is 1.43 bits per heavy atom. The van der Waals surface area contributed by atoms with Crippen LogP contribution in [0.15, 0.2) is 52.4 Å². The minimum atomic E-state index is 0. The van der Waals surface area contributed by atoms with Crippen molar-refractivity contribution in [2.75, 3.05) is 37.6 Å². The van der Waals surface area contributed by atoms with Crippen molar-refractivity contribution >= 4 is 41.5 Å². The van der Waals surface area contributed by atoms with E-state index >= 15 is 0 Å². The van der Waals surface area contributed by atoms with Crippen molar-refractivity contribution in [2.45, 2.75) is 13.3 Å². The van der Waals surface area contributed by atoms with Crippen LogP contribution in [0.2, 0.25) is 0 Å². The summed E-state index contributed by atoms with van der Waals surface area (Å²) in [4.78, 5) is 21.0. The van der Waals surface area contributed by atoms with Gasteiger partial charge in [0, 0.05) is 39.3 Å². The lowest BCUT2D eigenvalue weighted by Crippen LogP contribution is -2.55. The van der Waals surface area contributed by atoms with Gasteiger partial charge in [-0.2, -0.15) is 5.10 Å². The number of carbonyl (C=O) groups is 1. The Hall–Kier alpha value is -2.30. The lowest BCUT2D eigenvalue weighted by atomic mass is 10.3. The Morgan fingerprint density at radius 2 is 2.25 bits per heavy atom. The fourth-order valence-corrected chi connectivity index (χ4v) is 2.90. The van der Waals surface area contributed by atoms with E-state index in [0.717, 1.165) is 29.4 Å². The number of hydrogen-bond acceptors (Lipinski definition) is 4. The summed E-state index contributed by atoms with van der Waals surface area (Å²) in [6.45, 7) is 8.62. The maximum absolute atomic E-state index is 12.6. The zero-order valence-corrected chi connectivity index (χ0v) is 18.6. The van der Waals surface area contributed by atoms with Crippen LogP contribution in [0.1, 0.15) is 12.7 Å². The number of aryl methyl sites for hydroxylation is 1. The first-order chi connectivity index (χ1) is 13.0. The second-order valence-electron chi connectivity index (χ2n) is 6.69. The van der Waals surface area contributed by atoms with Crippen LogP contribution in [0.4, 0.5) is 5.69 Å². The molecule has 0 radical (unpaired) electrons. The molecule has 0 aliphatic carbocycles. The summed E-state index contributed by atoms with van der Waals surface area (Å²) in [7, 11) is 1.84. The van der Waals surface area contributed by atoms with Gasteiger partial charge >= 0.3 is 0 Å². The van der Waals surface area contributed by atoms with E-state index in [9.17, 15) is 4.79 Å². The average molecular weight is 498 g/mol. The molecule has 9 heteroatoms. The molecule has 1 N–H and O–H groups in total. The molecule has 0 bridgehead atoms. The van der Waals surface area contributed by atoms with Crippen LogP contribution < -0.4 is 10.2 Å². The number of aliphatic imine (C=N–C) groups is 1. The number of anilines is 1. The summed E-state index contributed by atoms with van der Waals surface area (Å²) in [5.74, 6) is 1.67. The van der Waals surface area contributed by atoms with E-state index in [1.807, 2.05) is 37.2 Å². The van der Waals surface area contributed by atoms with E-state index in [0.29, 0.717) is 26.2 Å². The number of nitrogens with one attached hydrogen (secondary N) is 1. The molecule has 0 aromatic carbocycles. The number of rotatable bonds is 6. The maximum Gasteiger partial charge on any atom is 0.246 e. The number of aromatic nitrogens is 2. The molecule has 8 nitrogen and oxygen atoms in total. The molecule has 3 heterocycles. The van der Waals surface area contributed by atoms with E-state index in [1.54, 1.807) is 22.0 Å². The first kappa shape index (κ1) is 22.0. The first-order valence-electron chi connectivity index (χ1n) is 9.02. The van der Waals surface area contributed by atoms with Gasteiger partial charge in [0.1, 0.15) is 12.3 Å². The first-order valence-corrected chi connectivity index (χ1v) is 9.02. The Balaban J connectivity index is 0.00000280. The molecule has 0 unspecified atom stereocenters. The lowest BCUT2D eigenvalue weighted by Gasteiger charge is -2.35. The average Bonchev–Trinajstić information content (AvgIpc) is 3.29. The maximum atomic E-state index is 12.6. The van der Waals surface area contributed by atoms with Crippen LogP contribution in [0, 0.1) is 0 Å². The molecular weight excluding hydrogens is 471 g/mol. The standard InChI is InChI=1S/C19H26N6O2.HI/c1-15(2)11-21-19(20-7-6-17-5-4-10-27-17)24-8-9-25(18(26)14-24)16-12-22-23(3)13-16;/h4-5,10,12-13H,1,6-9,11,14H2,2-3H3,(H,20,21);1H. The molecule has 0 atom stereocenters. The Labute approximate surface area is 182 Å². The monoisotopic (exact) mass is 498 g/mol. The van der Waals surface area contributed by atoms with E-state index in [-0.39, 0.29) is 36.4 Å². The quantitative estimate of drug-likeness (QED) is 0.286. The van der Waals surface area contributed by atoms with Crippen LogP contribution in [0.5, 0.6) is 0 Å². The second kappa shape index (κ2) is 10.3. The topological polar surface area (TPSA) is 78.9 Å². The number of carbonyl (C=O) groups excluding carboxylic acids is 1. The zero-order valence-electron chi connectivity index (χ0n) is 16.3. The summed E-state index contributed by atoms with van der Waals surface area (Å²) in [5.41, 5.74) is 1.80. The minimum absolute atomic E-state index is 0. The lowest BCUT2D eigenvalue weighted by molar-refractivity contribution is -0.120. The van der Waals surface area contributed by atoms with Crippen LogP contribution in [-0.2, 0) is 18.3 Å². The van der Waals surface area contributed by atoms with Crippen LogP contribution in [-0.4, -0.2) is 59.3 Å². The van der Waals surface area contributed by atoms with Crippen molar-refractivity contribution in [3.8, 4) is 0 Å². The summed E-state index contributed by atoms with van der Waals surface area (Å²) >= 11 is 0. The van der Waals surface area contributed by atoms with Gasteiger partial charge in [0.2, 0.25) is 5.91 Å². The smallest absolute Gasteiger partial charge is 0.246 e. The molecule has 1 aliphatic heterocycles. The predicted molar refractivity (Wildman–Crippen MR) is 120 cm³/mol. The van der Waals surface area contributed by atoms with Gasteiger partial charge in [0.25, 0.3) is 0 Å². The highest BCUT2D eigenvalue weighted by Crippen LogP contribution is 2.16. The molecule has 1 aliphatic rings. The van der Waals surface area contributed by atoms with Crippen LogP contribution >= 0.6 is 24.0 Å².